The van der Waals surface area contributed by atoms with E-state index < -0.39 is 0 Å². The van der Waals surface area contributed by atoms with Gasteiger partial charge in [-0.05, 0) is 37.7 Å². The number of hydrogen-bond donors (Lipinski definition) is 1. The summed E-state index contributed by atoms with van der Waals surface area (Å²) in [4.78, 5) is 10.8. The van der Waals surface area contributed by atoms with E-state index in [0.29, 0.717) is 5.82 Å². The van der Waals surface area contributed by atoms with Gasteiger partial charge in [0, 0.05) is 25.0 Å². The first-order valence-electron chi connectivity index (χ1n) is 5.95. The average molecular weight is 242 g/mol. The Morgan fingerprint density at radius 2 is 2.00 bits per heavy atom. The average Bonchev–Trinajstić information content (AvgIpc) is 2.32. The Kier molecular flexibility index (Phi) is 3.89. The van der Waals surface area contributed by atoms with Crippen molar-refractivity contribution in [3.05, 3.63) is 53.5 Å². The number of nitrogens with zero attached hydrogens (tertiary/aromatic N) is 3. The van der Waals surface area contributed by atoms with E-state index in [9.17, 15) is 0 Å². The predicted octanol–water partition coefficient (Wildman–Crippen LogP) is 2.00. The third-order valence-corrected chi connectivity index (χ3v) is 2.68. The van der Waals surface area contributed by atoms with Crippen molar-refractivity contribution in [1.29, 1.82) is 0 Å². The first-order chi connectivity index (χ1) is 8.63. The molecule has 0 aromatic carbocycles. The van der Waals surface area contributed by atoms with Gasteiger partial charge < -0.3 is 5.73 Å². The maximum Gasteiger partial charge on any atom is 0.123 e. The van der Waals surface area contributed by atoms with Crippen LogP contribution in [0.25, 0.3) is 0 Å². The lowest BCUT2D eigenvalue weighted by atomic mass is 10.2. The van der Waals surface area contributed by atoms with Gasteiger partial charge >= 0.3 is 0 Å². The molecule has 0 spiro atoms. The van der Waals surface area contributed by atoms with E-state index in [4.69, 9.17) is 5.73 Å². The molecular weight excluding hydrogens is 224 g/mol. The van der Waals surface area contributed by atoms with Crippen LogP contribution in [0.4, 0.5) is 5.82 Å². The Labute approximate surface area is 107 Å². The SMILES string of the molecule is Cc1cccc(CN(C)Cc2ccc(N)nc2)n1. The molecule has 0 aliphatic rings. The van der Waals surface area contributed by atoms with E-state index in [0.717, 1.165) is 30.0 Å². The van der Waals surface area contributed by atoms with E-state index >= 15 is 0 Å². The van der Waals surface area contributed by atoms with Crippen LogP contribution in [0, 0.1) is 6.92 Å². The second kappa shape index (κ2) is 5.60. The van der Waals surface area contributed by atoms with Gasteiger partial charge in [0.2, 0.25) is 0 Å². The lowest BCUT2D eigenvalue weighted by molar-refractivity contribution is 0.314. The number of anilines is 1. The highest BCUT2D eigenvalue weighted by atomic mass is 15.1. The highest BCUT2D eigenvalue weighted by Crippen LogP contribution is 2.07. The number of hydrogen-bond acceptors (Lipinski definition) is 4. The summed E-state index contributed by atoms with van der Waals surface area (Å²) in [6.07, 6.45) is 1.81. The van der Waals surface area contributed by atoms with Crippen molar-refractivity contribution in [1.82, 2.24) is 14.9 Å². The van der Waals surface area contributed by atoms with Crippen molar-refractivity contribution in [2.75, 3.05) is 12.8 Å². The summed E-state index contributed by atoms with van der Waals surface area (Å²) in [6.45, 7) is 3.67. The van der Waals surface area contributed by atoms with Gasteiger partial charge in [-0.1, -0.05) is 12.1 Å². The summed E-state index contributed by atoms with van der Waals surface area (Å²) in [5.74, 6) is 0.557. The normalized spacial score (nSPS) is 10.8. The van der Waals surface area contributed by atoms with Crippen LogP contribution in [0.1, 0.15) is 17.0 Å². The standard InChI is InChI=1S/C14H18N4/c1-11-4-3-5-13(17-11)10-18(2)9-12-6-7-14(15)16-8-12/h3-8H,9-10H2,1-2H3,(H2,15,16). The molecule has 0 saturated carbocycles. The third-order valence-electron chi connectivity index (χ3n) is 2.68. The molecule has 2 rings (SSSR count). The lowest BCUT2D eigenvalue weighted by Crippen LogP contribution is -2.18. The number of pyridine rings is 2. The number of aryl methyl sites for hydroxylation is 1. The molecular formula is C14H18N4. The topological polar surface area (TPSA) is 55.0 Å². The van der Waals surface area contributed by atoms with E-state index in [1.165, 1.54) is 0 Å². The van der Waals surface area contributed by atoms with Gasteiger partial charge in [-0.15, -0.1) is 0 Å². The maximum absolute atomic E-state index is 5.56. The minimum atomic E-state index is 0.557. The molecule has 0 atom stereocenters. The number of rotatable bonds is 4. The van der Waals surface area contributed by atoms with Crippen molar-refractivity contribution in [3.63, 3.8) is 0 Å². The molecule has 94 valence electrons. The maximum atomic E-state index is 5.56. The highest BCUT2D eigenvalue weighted by molar-refractivity contribution is 5.29. The summed E-state index contributed by atoms with van der Waals surface area (Å²) in [5.41, 5.74) is 8.85. The molecule has 0 fully saturated rings. The molecule has 0 radical (unpaired) electrons. The smallest absolute Gasteiger partial charge is 0.123 e. The van der Waals surface area contributed by atoms with Crippen LogP contribution in [-0.4, -0.2) is 21.9 Å². The highest BCUT2D eigenvalue weighted by Gasteiger charge is 2.03. The van der Waals surface area contributed by atoms with Gasteiger partial charge in [-0.2, -0.15) is 0 Å². The van der Waals surface area contributed by atoms with E-state index in [1.54, 1.807) is 0 Å². The number of nitrogens with two attached hydrogens (primary N) is 1. The molecule has 0 amide bonds. The van der Waals surface area contributed by atoms with Crippen molar-refractivity contribution >= 4 is 5.82 Å². The Morgan fingerprint density at radius 3 is 2.67 bits per heavy atom. The molecule has 2 N–H and O–H groups in total. The van der Waals surface area contributed by atoms with Crippen LogP contribution in [0.3, 0.4) is 0 Å². The zero-order valence-electron chi connectivity index (χ0n) is 10.8. The molecule has 2 aromatic rings. The number of aromatic nitrogens is 2. The summed E-state index contributed by atoms with van der Waals surface area (Å²) in [6, 6.07) is 9.92. The van der Waals surface area contributed by atoms with Crippen LogP contribution < -0.4 is 5.73 Å². The van der Waals surface area contributed by atoms with Crippen LogP contribution in [0.5, 0.6) is 0 Å². The molecule has 2 aromatic heterocycles. The van der Waals surface area contributed by atoms with Gasteiger partial charge in [0.05, 0.1) is 5.69 Å². The minimum Gasteiger partial charge on any atom is -0.384 e. The molecule has 4 heteroatoms. The second-order valence-corrected chi connectivity index (χ2v) is 4.53. The number of nitrogen functional groups attached to an aromatic ring is 1. The Balaban J connectivity index is 1.96. The molecule has 4 nitrogen and oxygen atoms in total. The van der Waals surface area contributed by atoms with Gasteiger partial charge in [0.1, 0.15) is 5.82 Å². The van der Waals surface area contributed by atoms with Gasteiger partial charge in [-0.25, -0.2) is 4.98 Å². The minimum absolute atomic E-state index is 0.557. The zero-order valence-corrected chi connectivity index (χ0v) is 10.8. The van der Waals surface area contributed by atoms with Gasteiger partial charge in [-0.3, -0.25) is 9.88 Å². The zero-order chi connectivity index (χ0) is 13.0. The first-order valence-corrected chi connectivity index (χ1v) is 5.95. The van der Waals surface area contributed by atoms with Gasteiger partial charge in [0.15, 0.2) is 0 Å². The summed E-state index contributed by atoms with van der Waals surface area (Å²) in [5, 5.41) is 0. The Bertz CT molecular complexity index is 507. The summed E-state index contributed by atoms with van der Waals surface area (Å²) >= 11 is 0. The molecule has 0 bridgehead atoms. The fourth-order valence-electron chi connectivity index (χ4n) is 1.86. The van der Waals surface area contributed by atoms with E-state index in [2.05, 4.69) is 21.9 Å². The van der Waals surface area contributed by atoms with Crippen LogP contribution in [0.15, 0.2) is 36.5 Å². The van der Waals surface area contributed by atoms with Crippen molar-refractivity contribution in [2.24, 2.45) is 0 Å². The van der Waals surface area contributed by atoms with Crippen LogP contribution >= 0.6 is 0 Å². The monoisotopic (exact) mass is 242 g/mol. The van der Waals surface area contributed by atoms with Crippen molar-refractivity contribution in [2.45, 2.75) is 20.0 Å². The molecule has 2 heterocycles. The fraction of sp³-hybridized carbons (Fsp3) is 0.286. The largest absolute Gasteiger partial charge is 0.384 e. The Hall–Kier alpha value is -1.94. The van der Waals surface area contributed by atoms with E-state index in [-0.39, 0.29) is 0 Å². The third kappa shape index (κ3) is 3.53. The predicted molar refractivity (Wildman–Crippen MR) is 72.8 cm³/mol. The van der Waals surface area contributed by atoms with E-state index in [1.807, 2.05) is 43.5 Å². The molecule has 18 heavy (non-hydrogen) atoms. The molecule has 0 aliphatic carbocycles. The second-order valence-electron chi connectivity index (χ2n) is 4.53. The Morgan fingerprint density at radius 1 is 1.17 bits per heavy atom. The molecule has 0 unspecified atom stereocenters. The summed E-state index contributed by atoms with van der Waals surface area (Å²) in [7, 11) is 2.07. The van der Waals surface area contributed by atoms with Gasteiger partial charge in [0.25, 0.3) is 0 Å². The summed E-state index contributed by atoms with van der Waals surface area (Å²) < 4.78 is 0. The molecule has 0 saturated heterocycles. The van der Waals surface area contributed by atoms with Crippen LogP contribution in [-0.2, 0) is 13.1 Å². The lowest BCUT2D eigenvalue weighted by Gasteiger charge is -2.16. The quantitative estimate of drug-likeness (QED) is 0.891. The molecule has 0 aliphatic heterocycles. The fourth-order valence-corrected chi connectivity index (χ4v) is 1.86. The van der Waals surface area contributed by atoms with Crippen molar-refractivity contribution < 1.29 is 0 Å². The van der Waals surface area contributed by atoms with Crippen molar-refractivity contribution in [3.8, 4) is 0 Å². The first kappa shape index (κ1) is 12.5. The van der Waals surface area contributed by atoms with Crippen LogP contribution in [0.2, 0.25) is 0 Å².